The Hall–Kier alpha value is -3.28. The molecule has 2 N–H and O–H groups in total. The molecule has 1 aliphatic carbocycles. The molecule has 0 atom stereocenters. The molecule has 0 unspecified atom stereocenters. The molecule has 28 heavy (non-hydrogen) atoms. The third-order valence-corrected chi connectivity index (χ3v) is 5.11. The molecule has 2 aliphatic rings. The summed E-state index contributed by atoms with van der Waals surface area (Å²) in [5, 5.41) is 6.97. The van der Waals surface area contributed by atoms with E-state index in [0.717, 1.165) is 34.4 Å². The largest absolute Gasteiger partial charge is 0.454 e. The second-order valence-corrected chi connectivity index (χ2v) is 7.15. The number of ether oxygens (including phenoxy) is 2. The van der Waals surface area contributed by atoms with Crippen molar-refractivity contribution in [1.29, 1.82) is 0 Å². The highest BCUT2D eigenvalue weighted by Gasteiger charge is 2.17. The maximum absolute atomic E-state index is 5.47. The SMILES string of the molecule is c1ccc(-c2nc(Nc3ccc4c(c3)OCO4)cc(NC3CCCC3)n2)cc1. The van der Waals surface area contributed by atoms with E-state index in [-0.39, 0.29) is 6.79 Å². The first-order valence-corrected chi connectivity index (χ1v) is 9.71. The van der Waals surface area contributed by atoms with Crippen LogP contribution in [0.4, 0.5) is 17.3 Å². The normalized spacial score (nSPS) is 15.6. The van der Waals surface area contributed by atoms with Gasteiger partial charge in [-0.25, -0.2) is 9.97 Å². The van der Waals surface area contributed by atoms with E-state index >= 15 is 0 Å². The summed E-state index contributed by atoms with van der Waals surface area (Å²) in [5.74, 6) is 3.80. The fourth-order valence-corrected chi connectivity index (χ4v) is 3.70. The van der Waals surface area contributed by atoms with Crippen molar-refractivity contribution in [2.75, 3.05) is 17.4 Å². The minimum atomic E-state index is 0.264. The lowest BCUT2D eigenvalue weighted by Gasteiger charge is -2.15. The van der Waals surface area contributed by atoms with Crippen LogP contribution < -0.4 is 20.1 Å². The van der Waals surface area contributed by atoms with Crippen LogP contribution >= 0.6 is 0 Å². The minimum Gasteiger partial charge on any atom is -0.454 e. The lowest BCUT2D eigenvalue weighted by molar-refractivity contribution is 0.174. The highest BCUT2D eigenvalue weighted by Crippen LogP contribution is 2.35. The van der Waals surface area contributed by atoms with Crippen LogP contribution in [0.1, 0.15) is 25.7 Å². The van der Waals surface area contributed by atoms with Gasteiger partial charge in [0.25, 0.3) is 0 Å². The van der Waals surface area contributed by atoms with Crippen molar-refractivity contribution < 1.29 is 9.47 Å². The number of fused-ring (bicyclic) bond motifs is 1. The maximum Gasteiger partial charge on any atom is 0.231 e. The maximum atomic E-state index is 5.47. The molecular weight excluding hydrogens is 352 g/mol. The zero-order valence-corrected chi connectivity index (χ0v) is 15.5. The van der Waals surface area contributed by atoms with Crippen LogP contribution in [-0.4, -0.2) is 22.8 Å². The van der Waals surface area contributed by atoms with Crippen molar-refractivity contribution in [1.82, 2.24) is 9.97 Å². The Labute approximate surface area is 163 Å². The Morgan fingerprint density at radius 2 is 1.61 bits per heavy atom. The van der Waals surface area contributed by atoms with E-state index in [0.29, 0.717) is 11.9 Å². The lowest BCUT2D eigenvalue weighted by atomic mass is 10.2. The van der Waals surface area contributed by atoms with Gasteiger partial charge in [-0.1, -0.05) is 43.2 Å². The van der Waals surface area contributed by atoms with E-state index in [1.165, 1.54) is 25.7 Å². The van der Waals surface area contributed by atoms with Gasteiger partial charge in [0.2, 0.25) is 6.79 Å². The van der Waals surface area contributed by atoms with Crippen molar-refractivity contribution in [3.63, 3.8) is 0 Å². The average Bonchev–Trinajstić information content (AvgIpc) is 3.40. The second kappa shape index (κ2) is 7.38. The zero-order chi connectivity index (χ0) is 18.8. The number of hydrogen-bond acceptors (Lipinski definition) is 6. The molecule has 142 valence electrons. The average molecular weight is 374 g/mol. The summed E-state index contributed by atoms with van der Waals surface area (Å²) >= 11 is 0. The van der Waals surface area contributed by atoms with E-state index in [1.807, 2.05) is 54.6 Å². The Morgan fingerprint density at radius 3 is 2.46 bits per heavy atom. The number of hydrogen-bond donors (Lipinski definition) is 2. The molecule has 6 heteroatoms. The summed E-state index contributed by atoms with van der Waals surface area (Å²) in [6.07, 6.45) is 4.93. The molecule has 1 fully saturated rings. The van der Waals surface area contributed by atoms with Crippen molar-refractivity contribution in [2.45, 2.75) is 31.7 Å². The zero-order valence-electron chi connectivity index (χ0n) is 15.5. The molecule has 1 aromatic heterocycles. The molecule has 3 aromatic rings. The van der Waals surface area contributed by atoms with Crippen molar-refractivity contribution >= 4 is 17.3 Å². The predicted octanol–water partition coefficient (Wildman–Crippen LogP) is 4.97. The fourth-order valence-electron chi connectivity index (χ4n) is 3.70. The van der Waals surface area contributed by atoms with Gasteiger partial charge < -0.3 is 20.1 Å². The molecule has 0 saturated heterocycles. The smallest absolute Gasteiger partial charge is 0.231 e. The first kappa shape index (κ1) is 16.9. The van der Waals surface area contributed by atoms with Gasteiger partial charge in [-0.15, -0.1) is 0 Å². The quantitative estimate of drug-likeness (QED) is 0.657. The molecule has 2 aromatic carbocycles. The number of anilines is 3. The van der Waals surface area contributed by atoms with Gasteiger partial charge >= 0.3 is 0 Å². The molecule has 0 bridgehead atoms. The monoisotopic (exact) mass is 374 g/mol. The molecule has 6 nitrogen and oxygen atoms in total. The van der Waals surface area contributed by atoms with Crippen LogP contribution in [0.25, 0.3) is 11.4 Å². The van der Waals surface area contributed by atoms with Crippen LogP contribution in [0, 0.1) is 0 Å². The van der Waals surface area contributed by atoms with Crippen LogP contribution in [0.3, 0.4) is 0 Å². The van der Waals surface area contributed by atoms with Crippen LogP contribution in [0.15, 0.2) is 54.6 Å². The number of nitrogens with one attached hydrogen (secondary N) is 2. The summed E-state index contributed by atoms with van der Waals surface area (Å²) in [5.41, 5.74) is 1.89. The van der Waals surface area contributed by atoms with Crippen LogP contribution in [-0.2, 0) is 0 Å². The first-order chi connectivity index (χ1) is 13.8. The van der Waals surface area contributed by atoms with Crippen LogP contribution in [0.2, 0.25) is 0 Å². The summed E-state index contributed by atoms with van der Waals surface area (Å²) in [6, 6.07) is 18.3. The molecular formula is C22H22N4O2. The van der Waals surface area contributed by atoms with Gasteiger partial charge in [-0.05, 0) is 25.0 Å². The molecule has 1 saturated carbocycles. The van der Waals surface area contributed by atoms with E-state index in [1.54, 1.807) is 0 Å². The first-order valence-electron chi connectivity index (χ1n) is 9.71. The molecule has 2 heterocycles. The van der Waals surface area contributed by atoms with Gasteiger partial charge in [0.1, 0.15) is 11.6 Å². The van der Waals surface area contributed by atoms with E-state index < -0.39 is 0 Å². The summed E-state index contributed by atoms with van der Waals surface area (Å²) in [4.78, 5) is 9.49. The second-order valence-electron chi connectivity index (χ2n) is 7.15. The summed E-state index contributed by atoms with van der Waals surface area (Å²) in [6.45, 7) is 0.264. The minimum absolute atomic E-state index is 0.264. The Bertz CT molecular complexity index is 972. The molecule has 0 spiro atoms. The van der Waals surface area contributed by atoms with E-state index in [9.17, 15) is 0 Å². The topological polar surface area (TPSA) is 68.3 Å². The van der Waals surface area contributed by atoms with E-state index in [4.69, 9.17) is 19.4 Å². The highest BCUT2D eigenvalue weighted by molar-refractivity contribution is 5.67. The Morgan fingerprint density at radius 1 is 0.821 bits per heavy atom. The van der Waals surface area contributed by atoms with Crippen molar-refractivity contribution in [3.8, 4) is 22.9 Å². The van der Waals surface area contributed by atoms with Gasteiger partial charge in [-0.3, -0.25) is 0 Å². The summed E-state index contributed by atoms with van der Waals surface area (Å²) in [7, 11) is 0. The summed E-state index contributed by atoms with van der Waals surface area (Å²) < 4.78 is 10.9. The Balaban J connectivity index is 1.47. The van der Waals surface area contributed by atoms with Crippen molar-refractivity contribution in [2.24, 2.45) is 0 Å². The number of nitrogens with zero attached hydrogens (tertiary/aromatic N) is 2. The third kappa shape index (κ3) is 3.58. The highest BCUT2D eigenvalue weighted by atomic mass is 16.7. The molecule has 0 amide bonds. The molecule has 1 aliphatic heterocycles. The van der Waals surface area contributed by atoms with Crippen LogP contribution in [0.5, 0.6) is 11.5 Å². The van der Waals surface area contributed by atoms with Crippen molar-refractivity contribution in [3.05, 3.63) is 54.6 Å². The molecule has 5 rings (SSSR count). The van der Waals surface area contributed by atoms with E-state index in [2.05, 4.69) is 10.6 Å². The standard InChI is InChI=1S/C22H22N4O2/c1-2-6-15(7-3-1)22-25-20(23-16-8-4-5-9-16)13-21(26-22)24-17-10-11-18-19(12-17)28-14-27-18/h1-3,6-7,10-13,16H,4-5,8-9,14H2,(H2,23,24,25,26). The van der Waals surface area contributed by atoms with Gasteiger partial charge in [0.15, 0.2) is 17.3 Å². The Kier molecular flexibility index (Phi) is 4.45. The number of rotatable bonds is 5. The van der Waals surface area contributed by atoms with Gasteiger partial charge in [0.05, 0.1) is 0 Å². The van der Waals surface area contributed by atoms with Gasteiger partial charge in [0, 0.05) is 29.4 Å². The number of benzene rings is 2. The molecule has 0 radical (unpaired) electrons. The van der Waals surface area contributed by atoms with Gasteiger partial charge in [-0.2, -0.15) is 0 Å². The number of aromatic nitrogens is 2. The third-order valence-electron chi connectivity index (χ3n) is 5.11. The fraction of sp³-hybridized carbons (Fsp3) is 0.273. The predicted molar refractivity (Wildman–Crippen MR) is 109 cm³/mol. The lowest BCUT2D eigenvalue weighted by Crippen LogP contribution is -2.16.